The van der Waals surface area contributed by atoms with Gasteiger partial charge in [0.05, 0.1) is 10.6 Å². The van der Waals surface area contributed by atoms with Gasteiger partial charge < -0.3 is 10.2 Å². The lowest BCUT2D eigenvalue weighted by Gasteiger charge is -2.32. The minimum absolute atomic E-state index is 0.0522. The molecule has 3 aromatic carbocycles. The number of para-hydroxylation sites is 1. The Morgan fingerprint density at radius 3 is 2.13 bits per heavy atom. The molecule has 3 aromatic rings. The fourth-order valence-corrected chi connectivity index (χ4v) is 5.43. The molecule has 0 aliphatic carbocycles. The van der Waals surface area contributed by atoms with Crippen molar-refractivity contribution in [1.82, 2.24) is 10.2 Å². The summed E-state index contributed by atoms with van der Waals surface area (Å²) in [5.41, 5.74) is 3.18. The fourth-order valence-electron chi connectivity index (χ4n) is 4.02. The van der Waals surface area contributed by atoms with E-state index in [1.165, 1.54) is 17.0 Å². The third-order valence-corrected chi connectivity index (χ3v) is 8.32. The predicted octanol–water partition coefficient (Wildman–Crippen LogP) is 4.83. The molecule has 0 aliphatic heterocycles. The highest BCUT2D eigenvalue weighted by Gasteiger charge is 2.32. The maximum Gasteiger partial charge on any atom is 0.264 e. The minimum Gasteiger partial charge on any atom is -0.352 e. The maximum absolute atomic E-state index is 13.9. The van der Waals surface area contributed by atoms with Gasteiger partial charge >= 0.3 is 0 Å². The van der Waals surface area contributed by atoms with Crippen molar-refractivity contribution in [1.29, 1.82) is 0 Å². The third kappa shape index (κ3) is 7.22. The van der Waals surface area contributed by atoms with Gasteiger partial charge in [-0.3, -0.25) is 13.9 Å². The summed E-state index contributed by atoms with van der Waals surface area (Å²) in [5, 5.41) is 2.94. The maximum atomic E-state index is 13.9. The molecule has 1 N–H and O–H groups in total. The Balaban J connectivity index is 2.00. The van der Waals surface area contributed by atoms with E-state index in [1.807, 2.05) is 52.0 Å². The number of carbonyl (C=O) groups excluding carboxylic acids is 2. The number of nitrogens with zero attached hydrogens (tertiary/aromatic N) is 2. The standard InChI is InChI=1S/C30H37N3O4S/c1-6-24(4)31-30(35)25(5)32(20-26-12-10-11-23(3)19-26)29(34)21-33(27-13-8-7-9-14-27)38(36,37)28-17-15-22(2)16-18-28/h7-19,24-25H,6,20-21H2,1-5H3,(H,31,35)/t24-,25+/m0/s1. The summed E-state index contributed by atoms with van der Waals surface area (Å²) < 4.78 is 28.7. The molecule has 0 saturated carbocycles. The molecule has 0 saturated heterocycles. The number of nitrogens with one attached hydrogen (secondary N) is 1. The van der Waals surface area contributed by atoms with E-state index in [0.29, 0.717) is 5.69 Å². The number of hydrogen-bond donors (Lipinski definition) is 1. The lowest BCUT2D eigenvalue weighted by Crippen LogP contribution is -2.52. The van der Waals surface area contributed by atoms with Gasteiger partial charge in [0.1, 0.15) is 12.6 Å². The number of rotatable bonds is 11. The van der Waals surface area contributed by atoms with E-state index in [4.69, 9.17) is 0 Å². The number of aryl methyl sites for hydroxylation is 2. The monoisotopic (exact) mass is 535 g/mol. The smallest absolute Gasteiger partial charge is 0.264 e. The number of sulfonamides is 1. The molecule has 8 heteroatoms. The zero-order valence-electron chi connectivity index (χ0n) is 22.7. The van der Waals surface area contributed by atoms with Crippen molar-refractivity contribution in [2.24, 2.45) is 0 Å². The van der Waals surface area contributed by atoms with Gasteiger partial charge in [-0.05, 0) is 63.9 Å². The Bertz CT molecular complexity index is 1340. The largest absolute Gasteiger partial charge is 0.352 e. The molecule has 2 atom stereocenters. The van der Waals surface area contributed by atoms with Crippen LogP contribution in [0.5, 0.6) is 0 Å². The van der Waals surface area contributed by atoms with Crippen molar-refractivity contribution in [2.75, 3.05) is 10.8 Å². The summed E-state index contributed by atoms with van der Waals surface area (Å²) >= 11 is 0. The average molecular weight is 536 g/mol. The van der Waals surface area contributed by atoms with Gasteiger partial charge in [0.2, 0.25) is 11.8 Å². The highest BCUT2D eigenvalue weighted by atomic mass is 32.2. The van der Waals surface area contributed by atoms with Crippen LogP contribution >= 0.6 is 0 Å². The molecule has 3 rings (SSSR count). The Morgan fingerprint density at radius 2 is 1.53 bits per heavy atom. The average Bonchev–Trinajstić information content (AvgIpc) is 2.90. The predicted molar refractivity (Wildman–Crippen MR) is 151 cm³/mol. The van der Waals surface area contributed by atoms with Crippen molar-refractivity contribution in [2.45, 2.75) is 64.6 Å². The van der Waals surface area contributed by atoms with Gasteiger partial charge in [-0.25, -0.2) is 8.42 Å². The summed E-state index contributed by atoms with van der Waals surface area (Å²) in [5.74, 6) is -0.758. The second-order valence-electron chi connectivity index (χ2n) is 9.66. The summed E-state index contributed by atoms with van der Waals surface area (Å²) in [7, 11) is -4.06. The van der Waals surface area contributed by atoms with Crippen LogP contribution in [0.1, 0.15) is 43.9 Å². The van der Waals surface area contributed by atoms with Crippen LogP contribution < -0.4 is 9.62 Å². The molecule has 0 heterocycles. The Morgan fingerprint density at radius 1 is 0.868 bits per heavy atom. The number of carbonyl (C=O) groups is 2. The summed E-state index contributed by atoms with van der Waals surface area (Å²) in [6.45, 7) is 9.11. The molecule has 7 nitrogen and oxygen atoms in total. The van der Waals surface area contributed by atoms with Crippen LogP contribution in [-0.4, -0.2) is 43.8 Å². The van der Waals surface area contributed by atoms with Gasteiger partial charge in [0.25, 0.3) is 10.0 Å². The van der Waals surface area contributed by atoms with Gasteiger partial charge in [0, 0.05) is 12.6 Å². The molecule has 0 unspecified atom stereocenters. The zero-order valence-corrected chi connectivity index (χ0v) is 23.5. The molecule has 0 bridgehead atoms. The second-order valence-corrected chi connectivity index (χ2v) is 11.5. The lowest BCUT2D eigenvalue weighted by molar-refractivity contribution is -0.139. The van der Waals surface area contributed by atoms with Gasteiger partial charge in [0.15, 0.2) is 0 Å². The summed E-state index contributed by atoms with van der Waals surface area (Å²) in [4.78, 5) is 28.5. The molecular weight excluding hydrogens is 498 g/mol. The minimum atomic E-state index is -4.06. The second kappa shape index (κ2) is 12.7. The number of anilines is 1. The van der Waals surface area contributed by atoms with E-state index in [2.05, 4.69) is 5.32 Å². The first-order valence-electron chi connectivity index (χ1n) is 12.8. The van der Waals surface area contributed by atoms with E-state index in [0.717, 1.165) is 27.4 Å². The molecule has 0 spiro atoms. The number of amides is 2. The zero-order chi connectivity index (χ0) is 27.9. The molecule has 202 valence electrons. The van der Waals surface area contributed by atoms with Crippen molar-refractivity contribution < 1.29 is 18.0 Å². The highest BCUT2D eigenvalue weighted by Crippen LogP contribution is 2.24. The number of benzene rings is 3. The molecule has 0 fully saturated rings. The first-order valence-corrected chi connectivity index (χ1v) is 14.3. The van der Waals surface area contributed by atoms with Crippen LogP contribution in [0.2, 0.25) is 0 Å². The SMILES string of the molecule is CC[C@H](C)NC(=O)[C@@H](C)N(Cc1cccc(C)c1)C(=O)CN(c1ccccc1)S(=O)(=O)c1ccc(C)cc1. The van der Waals surface area contributed by atoms with Crippen molar-refractivity contribution >= 4 is 27.5 Å². The van der Waals surface area contributed by atoms with Crippen LogP contribution in [0.3, 0.4) is 0 Å². The molecule has 0 aliphatic rings. The Kier molecular flexibility index (Phi) is 9.69. The third-order valence-electron chi connectivity index (χ3n) is 6.54. The fraction of sp³-hybridized carbons (Fsp3) is 0.333. The number of hydrogen-bond acceptors (Lipinski definition) is 4. The van der Waals surface area contributed by atoms with Gasteiger partial charge in [-0.2, -0.15) is 0 Å². The topological polar surface area (TPSA) is 86.8 Å². The van der Waals surface area contributed by atoms with E-state index >= 15 is 0 Å². The van der Waals surface area contributed by atoms with Crippen LogP contribution in [0.15, 0.2) is 83.8 Å². The Hall–Kier alpha value is -3.65. The molecular formula is C30H37N3O4S. The van der Waals surface area contributed by atoms with Crippen molar-refractivity contribution in [3.05, 3.63) is 95.6 Å². The quantitative estimate of drug-likeness (QED) is 0.381. The van der Waals surface area contributed by atoms with E-state index in [9.17, 15) is 18.0 Å². The highest BCUT2D eigenvalue weighted by molar-refractivity contribution is 7.92. The summed E-state index contributed by atoms with van der Waals surface area (Å²) in [6, 6.07) is 21.9. The normalized spacial score (nSPS) is 12.9. The lowest BCUT2D eigenvalue weighted by atomic mass is 10.1. The molecule has 38 heavy (non-hydrogen) atoms. The van der Waals surface area contributed by atoms with E-state index < -0.39 is 28.5 Å². The van der Waals surface area contributed by atoms with E-state index in [-0.39, 0.29) is 23.4 Å². The van der Waals surface area contributed by atoms with Crippen LogP contribution in [0, 0.1) is 13.8 Å². The first kappa shape index (κ1) is 28.9. The first-order chi connectivity index (χ1) is 18.0. The van der Waals surface area contributed by atoms with E-state index in [1.54, 1.807) is 49.4 Å². The van der Waals surface area contributed by atoms with Crippen LogP contribution in [0.4, 0.5) is 5.69 Å². The molecule has 2 amide bonds. The van der Waals surface area contributed by atoms with Crippen LogP contribution in [0.25, 0.3) is 0 Å². The summed E-state index contributed by atoms with van der Waals surface area (Å²) in [6.07, 6.45) is 0.751. The Labute approximate surface area is 226 Å². The molecule has 0 radical (unpaired) electrons. The molecule has 0 aromatic heterocycles. The van der Waals surface area contributed by atoms with Crippen molar-refractivity contribution in [3.8, 4) is 0 Å². The van der Waals surface area contributed by atoms with Gasteiger partial charge in [-0.1, -0.05) is 72.6 Å². The van der Waals surface area contributed by atoms with Crippen LogP contribution in [-0.2, 0) is 26.2 Å². The van der Waals surface area contributed by atoms with Gasteiger partial charge in [-0.15, -0.1) is 0 Å². The van der Waals surface area contributed by atoms with Crippen molar-refractivity contribution in [3.63, 3.8) is 0 Å².